The van der Waals surface area contributed by atoms with Gasteiger partial charge in [-0.3, -0.25) is 0 Å². The SMILES string of the molecule is CCNC(COC)COc1ccc(C(C)(C)C)cc1. The molecule has 0 fully saturated rings. The van der Waals surface area contributed by atoms with Crippen molar-refractivity contribution in [2.45, 2.75) is 39.2 Å². The van der Waals surface area contributed by atoms with E-state index in [1.165, 1.54) is 5.56 Å². The summed E-state index contributed by atoms with van der Waals surface area (Å²) in [5.41, 5.74) is 1.50. The monoisotopic (exact) mass is 265 g/mol. The fourth-order valence-corrected chi connectivity index (χ4v) is 1.90. The third kappa shape index (κ3) is 5.62. The van der Waals surface area contributed by atoms with Gasteiger partial charge in [0.2, 0.25) is 0 Å². The number of rotatable bonds is 7. The lowest BCUT2D eigenvalue weighted by molar-refractivity contribution is 0.137. The smallest absolute Gasteiger partial charge is 0.119 e. The van der Waals surface area contributed by atoms with Gasteiger partial charge in [0.05, 0.1) is 12.6 Å². The summed E-state index contributed by atoms with van der Waals surface area (Å²) in [5, 5.41) is 3.34. The first-order chi connectivity index (χ1) is 8.97. The molecule has 0 saturated heterocycles. The lowest BCUT2D eigenvalue weighted by Gasteiger charge is -2.20. The van der Waals surface area contributed by atoms with Crippen molar-refractivity contribution in [1.29, 1.82) is 0 Å². The minimum atomic E-state index is 0.181. The van der Waals surface area contributed by atoms with Gasteiger partial charge in [-0.1, -0.05) is 39.8 Å². The highest BCUT2D eigenvalue weighted by Crippen LogP contribution is 2.24. The summed E-state index contributed by atoms with van der Waals surface area (Å²) in [6, 6.07) is 8.58. The Balaban J connectivity index is 2.53. The van der Waals surface area contributed by atoms with Gasteiger partial charge in [-0.2, -0.15) is 0 Å². The van der Waals surface area contributed by atoms with Crippen LogP contribution in [0.4, 0.5) is 0 Å². The van der Waals surface area contributed by atoms with E-state index in [-0.39, 0.29) is 11.5 Å². The molecule has 1 rings (SSSR count). The average Bonchev–Trinajstić information content (AvgIpc) is 2.36. The van der Waals surface area contributed by atoms with Gasteiger partial charge in [0, 0.05) is 7.11 Å². The standard InChI is InChI=1S/C16H27NO2/c1-6-17-14(11-18-5)12-19-15-9-7-13(8-10-15)16(2,3)4/h7-10,14,17H,6,11-12H2,1-5H3. The van der Waals surface area contributed by atoms with Crippen LogP contribution in [-0.2, 0) is 10.2 Å². The largest absolute Gasteiger partial charge is 0.492 e. The topological polar surface area (TPSA) is 30.5 Å². The Hall–Kier alpha value is -1.06. The molecule has 0 radical (unpaired) electrons. The van der Waals surface area contributed by atoms with Crippen LogP contribution in [0.3, 0.4) is 0 Å². The zero-order chi connectivity index (χ0) is 14.3. The highest BCUT2D eigenvalue weighted by molar-refractivity contribution is 5.31. The molecule has 0 heterocycles. The van der Waals surface area contributed by atoms with Crippen LogP contribution in [0.15, 0.2) is 24.3 Å². The summed E-state index contributed by atoms with van der Waals surface area (Å²) < 4.78 is 11.0. The van der Waals surface area contributed by atoms with Gasteiger partial charge in [0.1, 0.15) is 12.4 Å². The highest BCUT2D eigenvalue weighted by atomic mass is 16.5. The molecule has 3 nitrogen and oxygen atoms in total. The number of hydrogen-bond acceptors (Lipinski definition) is 3. The fourth-order valence-electron chi connectivity index (χ4n) is 1.90. The van der Waals surface area contributed by atoms with E-state index in [2.05, 4.69) is 45.1 Å². The van der Waals surface area contributed by atoms with E-state index in [9.17, 15) is 0 Å². The van der Waals surface area contributed by atoms with E-state index in [1.54, 1.807) is 7.11 Å². The van der Waals surface area contributed by atoms with Crippen molar-refractivity contribution in [1.82, 2.24) is 5.32 Å². The van der Waals surface area contributed by atoms with Gasteiger partial charge in [-0.15, -0.1) is 0 Å². The highest BCUT2D eigenvalue weighted by Gasteiger charge is 2.13. The molecule has 108 valence electrons. The second-order valence-electron chi connectivity index (χ2n) is 5.80. The van der Waals surface area contributed by atoms with Crippen LogP contribution in [0.25, 0.3) is 0 Å². The molecule has 1 unspecified atom stereocenters. The summed E-state index contributed by atoms with van der Waals surface area (Å²) in [5.74, 6) is 0.909. The van der Waals surface area contributed by atoms with Crippen LogP contribution in [0.2, 0.25) is 0 Å². The summed E-state index contributed by atoms with van der Waals surface area (Å²) in [6.07, 6.45) is 0. The summed E-state index contributed by atoms with van der Waals surface area (Å²) in [7, 11) is 1.71. The van der Waals surface area contributed by atoms with E-state index in [4.69, 9.17) is 9.47 Å². The Morgan fingerprint density at radius 3 is 2.21 bits per heavy atom. The first-order valence-corrected chi connectivity index (χ1v) is 6.93. The van der Waals surface area contributed by atoms with Gasteiger partial charge in [0.25, 0.3) is 0 Å². The molecule has 0 aliphatic rings. The van der Waals surface area contributed by atoms with Gasteiger partial charge >= 0.3 is 0 Å². The number of methoxy groups -OCH3 is 1. The maximum Gasteiger partial charge on any atom is 0.119 e. The quantitative estimate of drug-likeness (QED) is 0.822. The van der Waals surface area contributed by atoms with Crippen molar-refractivity contribution < 1.29 is 9.47 Å². The van der Waals surface area contributed by atoms with Crippen LogP contribution < -0.4 is 10.1 Å². The Morgan fingerprint density at radius 2 is 1.74 bits per heavy atom. The summed E-state index contributed by atoms with van der Waals surface area (Å²) in [4.78, 5) is 0. The normalized spacial score (nSPS) is 13.3. The molecule has 1 N–H and O–H groups in total. The van der Waals surface area contributed by atoms with Crippen LogP contribution in [0, 0.1) is 0 Å². The number of hydrogen-bond donors (Lipinski definition) is 1. The lowest BCUT2D eigenvalue weighted by Crippen LogP contribution is -2.38. The third-order valence-corrected chi connectivity index (χ3v) is 3.03. The van der Waals surface area contributed by atoms with E-state index in [1.807, 2.05) is 12.1 Å². The molecule has 19 heavy (non-hydrogen) atoms. The van der Waals surface area contributed by atoms with Gasteiger partial charge in [-0.05, 0) is 29.7 Å². The fraction of sp³-hybridized carbons (Fsp3) is 0.625. The average molecular weight is 265 g/mol. The zero-order valence-electron chi connectivity index (χ0n) is 12.8. The zero-order valence-corrected chi connectivity index (χ0v) is 12.8. The van der Waals surface area contributed by atoms with Crippen molar-refractivity contribution >= 4 is 0 Å². The molecular formula is C16H27NO2. The molecular weight excluding hydrogens is 238 g/mol. The van der Waals surface area contributed by atoms with E-state index < -0.39 is 0 Å². The Kier molecular flexibility index (Phi) is 6.32. The summed E-state index contributed by atoms with van der Waals surface area (Å²) >= 11 is 0. The molecule has 1 atom stereocenters. The van der Waals surface area contributed by atoms with Crippen molar-refractivity contribution in [2.75, 3.05) is 26.9 Å². The Bertz CT molecular complexity index is 348. The number of ether oxygens (including phenoxy) is 2. The predicted molar refractivity (Wildman–Crippen MR) is 80.0 cm³/mol. The Morgan fingerprint density at radius 1 is 1.11 bits per heavy atom. The molecule has 0 aliphatic carbocycles. The van der Waals surface area contributed by atoms with E-state index in [0.717, 1.165) is 12.3 Å². The van der Waals surface area contributed by atoms with Gasteiger partial charge < -0.3 is 14.8 Å². The molecule has 0 spiro atoms. The number of benzene rings is 1. The maximum atomic E-state index is 5.80. The van der Waals surface area contributed by atoms with Crippen molar-refractivity contribution in [3.05, 3.63) is 29.8 Å². The molecule has 1 aromatic rings. The molecule has 1 aromatic carbocycles. The van der Waals surface area contributed by atoms with Crippen molar-refractivity contribution in [3.63, 3.8) is 0 Å². The first-order valence-electron chi connectivity index (χ1n) is 6.93. The third-order valence-electron chi connectivity index (χ3n) is 3.03. The second-order valence-corrected chi connectivity index (χ2v) is 5.80. The Labute approximate surface area is 117 Å². The van der Waals surface area contributed by atoms with Gasteiger partial charge in [-0.25, -0.2) is 0 Å². The van der Waals surface area contributed by atoms with Crippen LogP contribution in [0.5, 0.6) is 5.75 Å². The minimum absolute atomic E-state index is 0.181. The second kappa shape index (κ2) is 7.51. The van der Waals surface area contributed by atoms with E-state index >= 15 is 0 Å². The number of likely N-dealkylation sites (N-methyl/N-ethyl adjacent to an activating group) is 1. The molecule has 0 amide bonds. The molecule has 0 bridgehead atoms. The minimum Gasteiger partial charge on any atom is -0.492 e. The van der Waals surface area contributed by atoms with Crippen LogP contribution >= 0.6 is 0 Å². The maximum absolute atomic E-state index is 5.80. The van der Waals surface area contributed by atoms with Gasteiger partial charge in [0.15, 0.2) is 0 Å². The predicted octanol–water partition coefficient (Wildman–Crippen LogP) is 2.99. The molecule has 0 aromatic heterocycles. The molecule has 0 saturated carbocycles. The lowest BCUT2D eigenvalue weighted by atomic mass is 9.87. The van der Waals surface area contributed by atoms with Crippen LogP contribution in [-0.4, -0.2) is 32.9 Å². The van der Waals surface area contributed by atoms with Crippen molar-refractivity contribution in [2.24, 2.45) is 0 Å². The number of nitrogens with one attached hydrogen (secondary N) is 1. The van der Waals surface area contributed by atoms with E-state index in [0.29, 0.717) is 13.2 Å². The summed E-state index contributed by atoms with van der Waals surface area (Å²) in [6.45, 7) is 10.9. The molecule has 3 heteroatoms. The van der Waals surface area contributed by atoms with Crippen LogP contribution in [0.1, 0.15) is 33.3 Å². The molecule has 0 aliphatic heterocycles. The van der Waals surface area contributed by atoms with Crippen molar-refractivity contribution in [3.8, 4) is 5.75 Å². The first kappa shape index (κ1) is 16.0.